The molecular weight excluding hydrogens is 260 g/mol. The Morgan fingerprint density at radius 1 is 1.71 bits per heavy atom. The molecule has 0 amide bonds. The van der Waals surface area contributed by atoms with Gasteiger partial charge in [0.2, 0.25) is 0 Å². The van der Waals surface area contributed by atoms with Gasteiger partial charge in [-0.1, -0.05) is 6.08 Å². The van der Waals surface area contributed by atoms with Gasteiger partial charge < -0.3 is 0 Å². The third-order valence-corrected chi connectivity index (χ3v) is 4.12. The number of hydrogen-bond acceptors (Lipinski definition) is 2. The zero-order chi connectivity index (χ0) is 10.6. The molecule has 1 nitrogen and oxygen atoms in total. The van der Waals surface area contributed by atoms with Crippen LogP contribution in [0.3, 0.4) is 0 Å². The minimum absolute atomic E-state index is 0.241. The van der Waals surface area contributed by atoms with E-state index in [0.29, 0.717) is 6.42 Å². The molecule has 1 aromatic rings. The number of aryl methyl sites for hydroxylation is 1. The lowest BCUT2D eigenvalue weighted by molar-refractivity contribution is 0.0984. The maximum Gasteiger partial charge on any atom is 0.172 e. The highest BCUT2D eigenvalue weighted by Crippen LogP contribution is 2.28. The maximum atomic E-state index is 11.6. The molecule has 0 fully saturated rings. The molecule has 76 valence electrons. The van der Waals surface area contributed by atoms with E-state index in [0.717, 1.165) is 27.1 Å². The molecule has 0 aromatic carbocycles. The van der Waals surface area contributed by atoms with Gasteiger partial charge in [0.1, 0.15) is 0 Å². The van der Waals surface area contributed by atoms with Crippen molar-refractivity contribution in [3.05, 3.63) is 32.9 Å². The molecule has 0 atom stereocenters. The van der Waals surface area contributed by atoms with E-state index >= 15 is 0 Å². The Bertz CT molecular complexity index is 322. The second-order valence-electron chi connectivity index (χ2n) is 3.17. The minimum Gasteiger partial charge on any atom is -0.293 e. The molecule has 3 heteroatoms. The fourth-order valence-corrected chi connectivity index (χ4v) is 2.63. The Hall–Kier alpha value is -0.410. The summed E-state index contributed by atoms with van der Waals surface area (Å²) < 4.78 is 1.06. The molecule has 0 saturated carbocycles. The number of carbonyl (C=O) groups is 1. The van der Waals surface area contributed by atoms with Gasteiger partial charge in [0, 0.05) is 6.42 Å². The normalized spacial score (nSPS) is 10.1. The summed E-state index contributed by atoms with van der Waals surface area (Å²) in [6.45, 7) is 5.63. The van der Waals surface area contributed by atoms with E-state index in [2.05, 4.69) is 22.5 Å². The Morgan fingerprint density at radius 2 is 2.43 bits per heavy atom. The number of ketones is 1. The van der Waals surface area contributed by atoms with Crippen LogP contribution in [0, 0.1) is 6.92 Å². The number of rotatable bonds is 5. The topological polar surface area (TPSA) is 17.1 Å². The summed E-state index contributed by atoms with van der Waals surface area (Å²) >= 11 is 4.94. The molecule has 0 aliphatic carbocycles. The molecule has 0 aliphatic rings. The first-order valence-electron chi connectivity index (χ1n) is 4.55. The lowest BCUT2D eigenvalue weighted by Crippen LogP contribution is -1.94. The largest absolute Gasteiger partial charge is 0.293 e. The molecular formula is C11H13BrOS. The smallest absolute Gasteiger partial charge is 0.172 e. The summed E-state index contributed by atoms with van der Waals surface area (Å²) in [5.41, 5.74) is 1.14. The Balaban J connectivity index is 2.56. The second-order valence-corrected chi connectivity index (χ2v) is 5.54. The van der Waals surface area contributed by atoms with Crippen LogP contribution in [0.25, 0.3) is 0 Å². The van der Waals surface area contributed by atoms with E-state index in [1.807, 2.05) is 19.1 Å². The monoisotopic (exact) mass is 272 g/mol. The molecule has 0 N–H and O–H groups in total. The summed E-state index contributed by atoms with van der Waals surface area (Å²) in [6, 6.07) is 1.95. The van der Waals surface area contributed by atoms with Crippen LogP contribution >= 0.6 is 27.3 Å². The predicted octanol–water partition coefficient (Wildman–Crippen LogP) is 4.36. The number of allylic oxidation sites excluding steroid dienone is 1. The van der Waals surface area contributed by atoms with Gasteiger partial charge in [0.25, 0.3) is 0 Å². The van der Waals surface area contributed by atoms with Crippen LogP contribution in [0.15, 0.2) is 22.5 Å². The standard InChI is InChI=1S/C11H13BrOS/c1-3-4-5-6-9(13)10-7-8(2)11(12)14-10/h3,7H,1,4-6H2,2H3. The van der Waals surface area contributed by atoms with E-state index in [4.69, 9.17) is 0 Å². The Kier molecular flexibility index (Phi) is 4.55. The minimum atomic E-state index is 0.241. The third kappa shape index (κ3) is 3.07. The molecule has 0 radical (unpaired) electrons. The molecule has 1 rings (SSSR count). The van der Waals surface area contributed by atoms with Crippen molar-refractivity contribution in [1.82, 2.24) is 0 Å². The Labute approximate surface area is 97.0 Å². The van der Waals surface area contributed by atoms with Crippen LogP contribution in [0.1, 0.15) is 34.5 Å². The number of halogens is 1. The fraction of sp³-hybridized carbons (Fsp3) is 0.364. The van der Waals surface area contributed by atoms with Gasteiger partial charge >= 0.3 is 0 Å². The van der Waals surface area contributed by atoms with Crippen molar-refractivity contribution in [3.63, 3.8) is 0 Å². The van der Waals surface area contributed by atoms with Crippen LogP contribution in [-0.2, 0) is 0 Å². The highest BCUT2D eigenvalue weighted by Gasteiger charge is 2.10. The van der Waals surface area contributed by atoms with Crippen molar-refractivity contribution in [2.45, 2.75) is 26.2 Å². The van der Waals surface area contributed by atoms with Gasteiger partial charge in [-0.15, -0.1) is 17.9 Å². The fourth-order valence-electron chi connectivity index (χ4n) is 1.13. The number of carbonyl (C=O) groups excluding carboxylic acids is 1. The lowest BCUT2D eigenvalue weighted by Gasteiger charge is -1.94. The van der Waals surface area contributed by atoms with Gasteiger partial charge in [-0.3, -0.25) is 4.79 Å². The number of thiophene rings is 1. The molecule has 0 aliphatic heterocycles. The first-order valence-corrected chi connectivity index (χ1v) is 6.16. The van der Waals surface area contributed by atoms with E-state index in [9.17, 15) is 4.79 Å². The first kappa shape index (κ1) is 11.7. The van der Waals surface area contributed by atoms with Crippen LogP contribution in [0.5, 0.6) is 0 Å². The number of Topliss-reactive ketones (excluding diaryl/α,β-unsaturated/α-hetero) is 1. The second kappa shape index (κ2) is 5.47. The molecule has 1 heterocycles. The summed E-state index contributed by atoms with van der Waals surface area (Å²) in [5.74, 6) is 0.241. The van der Waals surface area contributed by atoms with Crippen LogP contribution in [-0.4, -0.2) is 5.78 Å². The molecule has 0 spiro atoms. The van der Waals surface area contributed by atoms with Crippen LogP contribution < -0.4 is 0 Å². The maximum absolute atomic E-state index is 11.6. The van der Waals surface area contributed by atoms with E-state index < -0.39 is 0 Å². The van der Waals surface area contributed by atoms with Crippen molar-refractivity contribution in [2.24, 2.45) is 0 Å². The average molecular weight is 273 g/mol. The van der Waals surface area contributed by atoms with Crippen molar-refractivity contribution >= 4 is 33.0 Å². The van der Waals surface area contributed by atoms with Crippen molar-refractivity contribution < 1.29 is 4.79 Å². The van der Waals surface area contributed by atoms with Gasteiger partial charge in [-0.05, 0) is 47.3 Å². The summed E-state index contributed by atoms with van der Waals surface area (Å²) in [6.07, 6.45) is 4.29. The number of unbranched alkanes of at least 4 members (excludes halogenated alkanes) is 1. The van der Waals surface area contributed by atoms with Gasteiger partial charge in [-0.25, -0.2) is 0 Å². The van der Waals surface area contributed by atoms with E-state index in [1.165, 1.54) is 11.3 Å². The third-order valence-electron chi connectivity index (χ3n) is 1.94. The molecule has 1 aromatic heterocycles. The molecule has 14 heavy (non-hydrogen) atoms. The van der Waals surface area contributed by atoms with Crippen LogP contribution in [0.2, 0.25) is 0 Å². The quantitative estimate of drug-likeness (QED) is 0.442. The summed E-state index contributed by atoms with van der Waals surface area (Å²) in [7, 11) is 0. The first-order chi connectivity index (χ1) is 6.65. The lowest BCUT2D eigenvalue weighted by atomic mass is 10.1. The summed E-state index contributed by atoms with van der Waals surface area (Å²) in [5, 5.41) is 0. The van der Waals surface area contributed by atoms with E-state index in [1.54, 1.807) is 0 Å². The highest BCUT2D eigenvalue weighted by atomic mass is 79.9. The van der Waals surface area contributed by atoms with Gasteiger partial charge in [0.05, 0.1) is 8.66 Å². The van der Waals surface area contributed by atoms with Crippen LogP contribution in [0.4, 0.5) is 0 Å². The zero-order valence-corrected chi connectivity index (χ0v) is 10.6. The molecule has 0 saturated heterocycles. The molecule has 0 bridgehead atoms. The van der Waals surface area contributed by atoms with Crippen molar-refractivity contribution in [1.29, 1.82) is 0 Å². The predicted molar refractivity (Wildman–Crippen MR) is 65.1 cm³/mol. The average Bonchev–Trinajstić information content (AvgIpc) is 2.47. The van der Waals surface area contributed by atoms with Gasteiger partial charge in [0.15, 0.2) is 5.78 Å². The number of hydrogen-bond donors (Lipinski definition) is 0. The van der Waals surface area contributed by atoms with E-state index in [-0.39, 0.29) is 5.78 Å². The summed E-state index contributed by atoms with van der Waals surface area (Å²) in [4.78, 5) is 12.5. The Morgan fingerprint density at radius 3 is 2.93 bits per heavy atom. The van der Waals surface area contributed by atoms with Gasteiger partial charge in [-0.2, -0.15) is 0 Å². The van der Waals surface area contributed by atoms with Crippen molar-refractivity contribution in [3.8, 4) is 0 Å². The molecule has 0 unspecified atom stereocenters. The van der Waals surface area contributed by atoms with Crippen molar-refractivity contribution in [2.75, 3.05) is 0 Å². The SMILES string of the molecule is C=CCCCC(=O)c1cc(C)c(Br)s1. The zero-order valence-electron chi connectivity index (χ0n) is 8.18. The highest BCUT2D eigenvalue weighted by molar-refractivity contribution is 9.11.